The first-order valence-corrected chi connectivity index (χ1v) is 5.28. The maximum absolute atomic E-state index is 11.6. The molecule has 2 rings (SSSR count). The highest BCUT2D eigenvalue weighted by atomic mass is 16.3. The highest BCUT2D eigenvalue weighted by Crippen LogP contribution is 2.17. The van der Waals surface area contributed by atoms with Crippen LogP contribution in [0.2, 0.25) is 0 Å². The minimum absolute atomic E-state index is 0.000185. The number of aromatic nitrogens is 2. The van der Waals surface area contributed by atoms with E-state index in [1.54, 1.807) is 13.1 Å². The number of nitrogens with one attached hydrogen (secondary N) is 2. The molecule has 6 heteroatoms. The molecule has 0 unspecified atom stereocenters. The Morgan fingerprint density at radius 1 is 1.56 bits per heavy atom. The van der Waals surface area contributed by atoms with Crippen molar-refractivity contribution in [2.24, 2.45) is 0 Å². The summed E-state index contributed by atoms with van der Waals surface area (Å²) < 4.78 is 1.53. The van der Waals surface area contributed by atoms with Gasteiger partial charge in [0.1, 0.15) is 0 Å². The summed E-state index contributed by atoms with van der Waals surface area (Å²) in [5, 5.41) is 12.1. The third-order valence-corrected chi connectivity index (χ3v) is 2.96. The lowest BCUT2D eigenvalue weighted by Gasteiger charge is -2.12. The molecular formula is C10H15N3O3. The molecule has 0 spiro atoms. The SMILES string of the molecule is Cc1cn([C@H]2CN[C@@H](CO)C2)c(=O)[nH]c1=O. The highest BCUT2D eigenvalue weighted by molar-refractivity contribution is 5.03. The van der Waals surface area contributed by atoms with E-state index in [1.807, 2.05) is 0 Å². The van der Waals surface area contributed by atoms with E-state index < -0.39 is 0 Å². The van der Waals surface area contributed by atoms with Crippen molar-refractivity contribution in [1.82, 2.24) is 14.9 Å². The summed E-state index contributed by atoms with van der Waals surface area (Å²) in [6.45, 7) is 2.37. The molecule has 2 heterocycles. The summed E-state index contributed by atoms with van der Waals surface area (Å²) in [5.41, 5.74) is -0.209. The maximum atomic E-state index is 11.6. The number of aliphatic hydroxyl groups excluding tert-OH is 1. The van der Waals surface area contributed by atoms with E-state index in [1.165, 1.54) is 4.57 Å². The Kier molecular flexibility index (Phi) is 2.93. The van der Waals surface area contributed by atoms with Crippen LogP contribution in [0.25, 0.3) is 0 Å². The molecule has 1 aliphatic heterocycles. The Bertz CT molecular complexity index is 491. The van der Waals surface area contributed by atoms with Gasteiger partial charge < -0.3 is 10.4 Å². The molecular weight excluding hydrogens is 210 g/mol. The van der Waals surface area contributed by atoms with Gasteiger partial charge in [-0.1, -0.05) is 0 Å². The second-order valence-electron chi connectivity index (χ2n) is 4.16. The summed E-state index contributed by atoms with van der Waals surface area (Å²) in [5.74, 6) is 0. The minimum atomic E-state index is -0.388. The number of nitrogens with zero attached hydrogens (tertiary/aromatic N) is 1. The number of H-pyrrole nitrogens is 1. The topological polar surface area (TPSA) is 87.1 Å². The number of hydrogen-bond acceptors (Lipinski definition) is 4. The molecule has 1 aromatic heterocycles. The summed E-state index contributed by atoms with van der Waals surface area (Å²) in [4.78, 5) is 25.1. The molecule has 1 aromatic rings. The standard InChI is InChI=1S/C10H15N3O3/c1-6-4-13(10(16)12-9(6)15)8-2-7(5-14)11-3-8/h4,7-8,11,14H,2-3,5H2,1H3,(H,12,15,16)/t7-,8-/m1/s1. The van der Waals surface area contributed by atoms with Crippen molar-refractivity contribution in [1.29, 1.82) is 0 Å². The first kappa shape index (κ1) is 11.1. The molecule has 16 heavy (non-hydrogen) atoms. The lowest BCUT2D eigenvalue weighted by atomic mass is 10.2. The second-order valence-corrected chi connectivity index (χ2v) is 4.16. The van der Waals surface area contributed by atoms with Gasteiger partial charge in [0.2, 0.25) is 0 Å². The predicted molar refractivity (Wildman–Crippen MR) is 58.6 cm³/mol. The molecule has 88 valence electrons. The van der Waals surface area contributed by atoms with Gasteiger partial charge in [0.25, 0.3) is 5.56 Å². The number of aromatic amines is 1. The Morgan fingerprint density at radius 2 is 2.31 bits per heavy atom. The monoisotopic (exact) mass is 225 g/mol. The van der Waals surface area contributed by atoms with Crippen molar-refractivity contribution in [3.05, 3.63) is 32.6 Å². The molecule has 0 aliphatic carbocycles. The van der Waals surface area contributed by atoms with Crippen LogP contribution in [0, 0.1) is 6.92 Å². The van der Waals surface area contributed by atoms with Crippen LogP contribution in [-0.4, -0.2) is 33.9 Å². The quantitative estimate of drug-likeness (QED) is 0.586. The Morgan fingerprint density at radius 3 is 2.94 bits per heavy atom. The summed E-state index contributed by atoms with van der Waals surface area (Å²) in [6, 6.07) is 0.0318. The largest absolute Gasteiger partial charge is 0.395 e. The molecule has 1 fully saturated rings. The maximum Gasteiger partial charge on any atom is 0.328 e. The molecule has 3 N–H and O–H groups in total. The lowest BCUT2D eigenvalue weighted by Crippen LogP contribution is -2.33. The van der Waals surface area contributed by atoms with Crippen LogP contribution in [0.5, 0.6) is 0 Å². The van der Waals surface area contributed by atoms with E-state index in [-0.39, 0.29) is 29.9 Å². The number of rotatable bonds is 2. The smallest absolute Gasteiger partial charge is 0.328 e. The van der Waals surface area contributed by atoms with Crippen molar-refractivity contribution in [2.75, 3.05) is 13.2 Å². The Balaban J connectivity index is 2.32. The predicted octanol–water partition coefficient (Wildman–Crippen LogP) is -1.26. The fraction of sp³-hybridized carbons (Fsp3) is 0.600. The van der Waals surface area contributed by atoms with Crippen LogP contribution in [0.4, 0.5) is 0 Å². The van der Waals surface area contributed by atoms with Crippen molar-refractivity contribution in [2.45, 2.75) is 25.4 Å². The van der Waals surface area contributed by atoms with Crippen LogP contribution in [0.3, 0.4) is 0 Å². The van der Waals surface area contributed by atoms with Crippen molar-refractivity contribution >= 4 is 0 Å². The van der Waals surface area contributed by atoms with Crippen LogP contribution >= 0.6 is 0 Å². The van der Waals surface area contributed by atoms with E-state index >= 15 is 0 Å². The first-order valence-electron chi connectivity index (χ1n) is 5.28. The number of aryl methyl sites for hydroxylation is 1. The van der Waals surface area contributed by atoms with E-state index in [4.69, 9.17) is 5.11 Å². The van der Waals surface area contributed by atoms with Gasteiger partial charge in [0.05, 0.1) is 12.6 Å². The fourth-order valence-corrected chi connectivity index (χ4v) is 2.01. The van der Waals surface area contributed by atoms with Gasteiger partial charge in [0, 0.05) is 24.3 Å². The van der Waals surface area contributed by atoms with Gasteiger partial charge in [-0.05, 0) is 13.3 Å². The molecule has 2 atom stereocenters. The van der Waals surface area contributed by atoms with Gasteiger partial charge >= 0.3 is 5.69 Å². The molecule has 0 amide bonds. The molecule has 0 saturated carbocycles. The normalized spacial score (nSPS) is 24.9. The average molecular weight is 225 g/mol. The van der Waals surface area contributed by atoms with Crippen LogP contribution in [0.1, 0.15) is 18.0 Å². The van der Waals surface area contributed by atoms with Gasteiger partial charge in [-0.3, -0.25) is 14.3 Å². The van der Waals surface area contributed by atoms with Crippen molar-refractivity contribution < 1.29 is 5.11 Å². The molecule has 1 saturated heterocycles. The van der Waals surface area contributed by atoms with Gasteiger partial charge in [-0.25, -0.2) is 4.79 Å². The van der Waals surface area contributed by atoms with Crippen molar-refractivity contribution in [3.63, 3.8) is 0 Å². The minimum Gasteiger partial charge on any atom is -0.395 e. The van der Waals surface area contributed by atoms with Gasteiger partial charge in [-0.2, -0.15) is 0 Å². The van der Waals surface area contributed by atoms with Crippen LogP contribution in [-0.2, 0) is 0 Å². The van der Waals surface area contributed by atoms with Gasteiger partial charge in [-0.15, -0.1) is 0 Å². The van der Waals surface area contributed by atoms with E-state index in [0.717, 1.165) is 0 Å². The number of hydrogen-bond donors (Lipinski definition) is 3. The van der Waals surface area contributed by atoms with E-state index in [9.17, 15) is 9.59 Å². The third kappa shape index (κ3) is 1.94. The van der Waals surface area contributed by atoms with Gasteiger partial charge in [0.15, 0.2) is 0 Å². The zero-order chi connectivity index (χ0) is 11.7. The molecule has 0 radical (unpaired) electrons. The third-order valence-electron chi connectivity index (χ3n) is 2.96. The fourth-order valence-electron chi connectivity index (χ4n) is 2.01. The van der Waals surface area contributed by atoms with E-state index in [2.05, 4.69) is 10.3 Å². The zero-order valence-electron chi connectivity index (χ0n) is 9.06. The Labute approximate surface area is 91.9 Å². The zero-order valence-corrected chi connectivity index (χ0v) is 9.06. The first-order chi connectivity index (χ1) is 7.61. The summed E-state index contributed by atoms with van der Waals surface area (Å²) >= 11 is 0. The molecule has 1 aliphatic rings. The second kappa shape index (κ2) is 4.23. The van der Waals surface area contributed by atoms with Crippen LogP contribution in [0.15, 0.2) is 15.8 Å². The van der Waals surface area contributed by atoms with Crippen LogP contribution < -0.4 is 16.6 Å². The Hall–Kier alpha value is -1.40. The van der Waals surface area contributed by atoms with E-state index in [0.29, 0.717) is 18.5 Å². The molecule has 0 aromatic carbocycles. The average Bonchev–Trinajstić information content (AvgIpc) is 2.71. The van der Waals surface area contributed by atoms with Crippen molar-refractivity contribution in [3.8, 4) is 0 Å². The molecule has 6 nitrogen and oxygen atoms in total. The highest BCUT2D eigenvalue weighted by Gasteiger charge is 2.25. The molecule has 0 bridgehead atoms. The number of aliphatic hydroxyl groups is 1. The lowest BCUT2D eigenvalue weighted by molar-refractivity contribution is 0.252. The summed E-state index contributed by atoms with van der Waals surface area (Å²) in [7, 11) is 0. The summed E-state index contributed by atoms with van der Waals surface area (Å²) in [6.07, 6.45) is 2.27.